The molecule has 1 amide bonds. The predicted molar refractivity (Wildman–Crippen MR) is 151 cm³/mol. The van der Waals surface area contributed by atoms with Crippen LogP contribution in [-0.4, -0.2) is 42.6 Å². The second-order valence-corrected chi connectivity index (χ2v) is 10.4. The molecule has 0 aromatic heterocycles. The molecule has 216 valence electrons. The van der Waals surface area contributed by atoms with Gasteiger partial charge in [0.25, 0.3) is 5.91 Å². The third kappa shape index (κ3) is 6.38. The van der Waals surface area contributed by atoms with Crippen molar-refractivity contribution in [1.29, 1.82) is 0 Å². The SMILES string of the molecule is CCOC(=O)C1Cc2c(ccc(OC)c2OCc2ccccc2F)CN1C(=O)C(OC1CCCC1)c1ccccc1. The number of halogens is 1. The van der Waals surface area contributed by atoms with E-state index in [9.17, 15) is 14.0 Å². The summed E-state index contributed by atoms with van der Waals surface area (Å²) < 4.78 is 37.9. The first-order valence-electron chi connectivity index (χ1n) is 14.2. The van der Waals surface area contributed by atoms with Gasteiger partial charge in [-0.1, -0.05) is 67.4 Å². The van der Waals surface area contributed by atoms with Crippen molar-refractivity contribution in [3.63, 3.8) is 0 Å². The molecule has 0 bridgehead atoms. The van der Waals surface area contributed by atoms with Crippen molar-refractivity contribution < 1.29 is 32.9 Å². The summed E-state index contributed by atoms with van der Waals surface area (Å²) in [5.74, 6) is -0.254. The molecule has 1 saturated carbocycles. The summed E-state index contributed by atoms with van der Waals surface area (Å²) in [4.78, 5) is 29.2. The van der Waals surface area contributed by atoms with Crippen LogP contribution in [0.1, 0.15) is 61.0 Å². The van der Waals surface area contributed by atoms with Crippen molar-refractivity contribution in [3.8, 4) is 11.5 Å². The van der Waals surface area contributed by atoms with Gasteiger partial charge in [-0.05, 0) is 43.0 Å². The molecular weight excluding hydrogens is 525 g/mol. The van der Waals surface area contributed by atoms with Crippen molar-refractivity contribution in [2.24, 2.45) is 0 Å². The second-order valence-electron chi connectivity index (χ2n) is 10.4. The van der Waals surface area contributed by atoms with E-state index in [1.807, 2.05) is 36.4 Å². The van der Waals surface area contributed by atoms with Crippen LogP contribution >= 0.6 is 0 Å². The van der Waals surface area contributed by atoms with Crippen LogP contribution in [0.15, 0.2) is 66.7 Å². The van der Waals surface area contributed by atoms with Crippen molar-refractivity contribution in [2.75, 3.05) is 13.7 Å². The number of methoxy groups -OCH3 is 1. The first-order valence-corrected chi connectivity index (χ1v) is 14.2. The summed E-state index contributed by atoms with van der Waals surface area (Å²) >= 11 is 0. The van der Waals surface area contributed by atoms with Crippen LogP contribution in [-0.2, 0) is 38.6 Å². The number of rotatable bonds is 10. The molecule has 8 heteroatoms. The summed E-state index contributed by atoms with van der Waals surface area (Å²) in [6.45, 7) is 2.06. The Bertz CT molecular complexity index is 1360. The maximum atomic E-state index is 14.3. The Hall–Kier alpha value is -3.91. The van der Waals surface area contributed by atoms with E-state index in [0.717, 1.165) is 42.4 Å². The smallest absolute Gasteiger partial charge is 0.329 e. The molecule has 0 saturated heterocycles. The van der Waals surface area contributed by atoms with Gasteiger partial charge in [0.2, 0.25) is 0 Å². The lowest BCUT2D eigenvalue weighted by atomic mass is 9.91. The first-order chi connectivity index (χ1) is 20.0. The highest BCUT2D eigenvalue weighted by Crippen LogP contribution is 2.40. The summed E-state index contributed by atoms with van der Waals surface area (Å²) in [5, 5.41) is 0. The highest BCUT2D eigenvalue weighted by atomic mass is 19.1. The van der Waals surface area contributed by atoms with E-state index in [0.29, 0.717) is 17.1 Å². The molecule has 41 heavy (non-hydrogen) atoms. The lowest BCUT2D eigenvalue weighted by Crippen LogP contribution is -2.51. The summed E-state index contributed by atoms with van der Waals surface area (Å²) in [6.07, 6.45) is 3.26. The Morgan fingerprint density at radius 1 is 1.00 bits per heavy atom. The van der Waals surface area contributed by atoms with Gasteiger partial charge in [0.1, 0.15) is 18.5 Å². The van der Waals surface area contributed by atoms with E-state index < -0.39 is 18.1 Å². The molecule has 1 heterocycles. The monoisotopic (exact) mass is 561 g/mol. The fourth-order valence-electron chi connectivity index (χ4n) is 5.66. The number of hydrogen-bond donors (Lipinski definition) is 0. The molecule has 3 aromatic carbocycles. The number of fused-ring (bicyclic) bond motifs is 1. The minimum Gasteiger partial charge on any atom is -0.493 e. The molecule has 0 radical (unpaired) electrons. The Balaban J connectivity index is 1.49. The fraction of sp³-hybridized carbons (Fsp3) is 0.394. The van der Waals surface area contributed by atoms with E-state index in [1.165, 1.54) is 13.2 Å². The van der Waals surface area contributed by atoms with Gasteiger partial charge in [0.05, 0.1) is 19.8 Å². The molecule has 7 nitrogen and oxygen atoms in total. The molecule has 1 fully saturated rings. The van der Waals surface area contributed by atoms with Gasteiger partial charge in [0.15, 0.2) is 17.6 Å². The molecule has 5 rings (SSSR count). The molecule has 2 atom stereocenters. The second kappa shape index (κ2) is 13.2. The number of nitrogens with zero attached hydrogens (tertiary/aromatic N) is 1. The predicted octanol–water partition coefficient (Wildman–Crippen LogP) is 5.93. The van der Waals surface area contributed by atoms with Gasteiger partial charge in [0, 0.05) is 24.1 Å². The minimum atomic E-state index is -0.892. The Morgan fingerprint density at radius 2 is 1.73 bits per heavy atom. The topological polar surface area (TPSA) is 74.3 Å². The van der Waals surface area contributed by atoms with Gasteiger partial charge in [-0.15, -0.1) is 0 Å². The van der Waals surface area contributed by atoms with Gasteiger partial charge < -0.3 is 23.8 Å². The van der Waals surface area contributed by atoms with Crippen molar-refractivity contribution >= 4 is 11.9 Å². The van der Waals surface area contributed by atoms with E-state index in [-0.39, 0.29) is 44.0 Å². The number of carbonyl (C=O) groups excluding carboxylic acids is 2. The molecule has 2 aliphatic rings. The molecule has 1 aliphatic carbocycles. The lowest BCUT2D eigenvalue weighted by molar-refractivity contribution is -0.163. The molecular formula is C33H36FNO6. The first kappa shape index (κ1) is 28.6. The van der Waals surface area contributed by atoms with E-state index in [2.05, 4.69) is 0 Å². The maximum absolute atomic E-state index is 14.3. The summed E-state index contributed by atoms with van der Waals surface area (Å²) in [5.41, 5.74) is 2.70. The molecule has 3 aromatic rings. The number of carbonyl (C=O) groups is 2. The largest absolute Gasteiger partial charge is 0.493 e. The van der Waals surface area contributed by atoms with Crippen LogP contribution < -0.4 is 9.47 Å². The van der Waals surface area contributed by atoms with Crippen molar-refractivity contribution in [3.05, 3.63) is 94.8 Å². The molecule has 0 spiro atoms. The van der Waals surface area contributed by atoms with Gasteiger partial charge in [-0.25, -0.2) is 9.18 Å². The van der Waals surface area contributed by atoms with Crippen LogP contribution in [0.3, 0.4) is 0 Å². The highest BCUT2D eigenvalue weighted by molar-refractivity contribution is 5.89. The van der Waals surface area contributed by atoms with Crippen molar-refractivity contribution in [2.45, 2.75) is 70.4 Å². The highest BCUT2D eigenvalue weighted by Gasteiger charge is 2.41. The van der Waals surface area contributed by atoms with Crippen LogP contribution in [0, 0.1) is 5.82 Å². The van der Waals surface area contributed by atoms with Crippen molar-refractivity contribution in [1.82, 2.24) is 4.90 Å². The normalized spacial score (nSPS) is 17.5. The zero-order chi connectivity index (χ0) is 28.8. The molecule has 1 aliphatic heterocycles. The summed E-state index contributed by atoms with van der Waals surface area (Å²) in [7, 11) is 1.53. The fourth-order valence-corrected chi connectivity index (χ4v) is 5.66. The van der Waals surface area contributed by atoms with E-state index in [1.54, 1.807) is 36.1 Å². The van der Waals surface area contributed by atoms with Gasteiger partial charge in [-0.2, -0.15) is 0 Å². The Kier molecular flexibility index (Phi) is 9.19. The zero-order valence-corrected chi connectivity index (χ0v) is 23.5. The van der Waals surface area contributed by atoms with Crippen LogP contribution in [0.2, 0.25) is 0 Å². The van der Waals surface area contributed by atoms with E-state index >= 15 is 0 Å². The van der Waals surface area contributed by atoms with E-state index in [4.69, 9.17) is 18.9 Å². The Labute approximate surface area is 240 Å². The van der Waals surface area contributed by atoms with Crippen LogP contribution in [0.25, 0.3) is 0 Å². The zero-order valence-electron chi connectivity index (χ0n) is 23.5. The average Bonchev–Trinajstić information content (AvgIpc) is 3.52. The number of hydrogen-bond acceptors (Lipinski definition) is 6. The number of benzene rings is 3. The number of ether oxygens (including phenoxy) is 4. The Morgan fingerprint density at radius 3 is 2.44 bits per heavy atom. The minimum absolute atomic E-state index is 0.00933. The number of amides is 1. The lowest BCUT2D eigenvalue weighted by Gasteiger charge is -2.38. The quantitative estimate of drug-likeness (QED) is 0.286. The third-order valence-corrected chi connectivity index (χ3v) is 7.78. The van der Waals surface area contributed by atoms with Crippen LogP contribution in [0.4, 0.5) is 4.39 Å². The van der Waals surface area contributed by atoms with Gasteiger partial charge in [-0.3, -0.25) is 4.79 Å². The van der Waals surface area contributed by atoms with Crippen LogP contribution in [0.5, 0.6) is 11.5 Å². The standard InChI is InChI=1S/C33H36FNO6/c1-3-39-33(37)28-19-26-23(17-18-29(38-2)31(26)40-21-24-13-7-10-16-27(24)34)20-35(28)32(36)30(22-11-5-4-6-12-22)41-25-14-8-9-15-25/h4-7,10-13,16-18,25,28,30H,3,8-9,14-15,19-21H2,1-2H3. The third-order valence-electron chi connectivity index (χ3n) is 7.78. The number of esters is 1. The van der Waals surface area contributed by atoms with Gasteiger partial charge >= 0.3 is 5.97 Å². The molecule has 0 N–H and O–H groups in total. The average molecular weight is 562 g/mol. The maximum Gasteiger partial charge on any atom is 0.329 e. The summed E-state index contributed by atoms with van der Waals surface area (Å²) in [6, 6.07) is 18.6. The molecule has 2 unspecified atom stereocenters.